The van der Waals surface area contributed by atoms with Crippen LogP contribution in [0.25, 0.3) is 6.08 Å². The maximum absolute atomic E-state index is 13.7. The second-order valence-electron chi connectivity index (χ2n) is 3.86. The lowest BCUT2D eigenvalue weighted by molar-refractivity contribution is -0.131. The Balaban J connectivity index is 2.04. The Hall–Kier alpha value is -2.70. The number of rotatable bonds is 5. The number of aryl methyl sites for hydroxylation is 1. The predicted octanol–water partition coefficient (Wildman–Crippen LogP) is 2.19. The molecule has 1 N–H and O–H groups in total. The van der Waals surface area contributed by atoms with Gasteiger partial charge in [0, 0.05) is 13.0 Å². The fraction of sp³-hybridized carbons (Fsp3) is 0.154. The Labute approximate surface area is 113 Å². The molecule has 0 aliphatic carbocycles. The third kappa shape index (κ3) is 3.64. The van der Waals surface area contributed by atoms with Gasteiger partial charge in [0.1, 0.15) is 0 Å². The summed E-state index contributed by atoms with van der Waals surface area (Å²) in [7, 11) is 0. The maximum atomic E-state index is 13.7. The van der Waals surface area contributed by atoms with E-state index >= 15 is 0 Å². The summed E-state index contributed by atoms with van der Waals surface area (Å²) in [5, 5.41) is 15.8. The van der Waals surface area contributed by atoms with Gasteiger partial charge in [-0.1, -0.05) is 6.07 Å². The second kappa shape index (κ2) is 5.96. The zero-order chi connectivity index (χ0) is 14.5. The number of hydrogen-bond donors (Lipinski definition) is 1. The number of aliphatic carboxylic acids is 1. The van der Waals surface area contributed by atoms with Crippen molar-refractivity contribution in [2.24, 2.45) is 0 Å². The SMILES string of the molecule is Cc1nnc(COc2ccc(/C=C/C(=O)O)cc2F)o1. The smallest absolute Gasteiger partial charge is 0.328 e. The average molecular weight is 278 g/mol. The predicted molar refractivity (Wildman–Crippen MR) is 66.4 cm³/mol. The van der Waals surface area contributed by atoms with Crippen LogP contribution < -0.4 is 4.74 Å². The van der Waals surface area contributed by atoms with Crippen molar-refractivity contribution >= 4 is 12.0 Å². The van der Waals surface area contributed by atoms with E-state index in [1.165, 1.54) is 24.3 Å². The normalized spacial score (nSPS) is 10.9. The fourth-order valence-electron chi connectivity index (χ4n) is 1.44. The lowest BCUT2D eigenvalue weighted by Crippen LogP contribution is -1.98. The summed E-state index contributed by atoms with van der Waals surface area (Å²) in [5.74, 6) is -1.03. The molecule has 7 heteroatoms. The van der Waals surface area contributed by atoms with E-state index in [2.05, 4.69) is 10.2 Å². The Bertz CT molecular complexity index is 652. The quantitative estimate of drug-likeness (QED) is 0.844. The highest BCUT2D eigenvalue weighted by atomic mass is 19.1. The molecule has 20 heavy (non-hydrogen) atoms. The van der Waals surface area contributed by atoms with Gasteiger partial charge in [0.25, 0.3) is 5.89 Å². The van der Waals surface area contributed by atoms with E-state index in [-0.39, 0.29) is 18.2 Å². The molecule has 0 spiro atoms. The number of carboxylic acids is 1. The van der Waals surface area contributed by atoms with Crippen LogP contribution in [0.1, 0.15) is 17.3 Å². The second-order valence-corrected chi connectivity index (χ2v) is 3.86. The van der Waals surface area contributed by atoms with Crippen LogP contribution in [0.2, 0.25) is 0 Å². The third-order valence-corrected chi connectivity index (χ3v) is 2.29. The van der Waals surface area contributed by atoms with Crippen molar-refractivity contribution in [3.63, 3.8) is 0 Å². The highest BCUT2D eigenvalue weighted by molar-refractivity contribution is 5.85. The van der Waals surface area contributed by atoms with Gasteiger partial charge in [0.15, 0.2) is 18.2 Å². The van der Waals surface area contributed by atoms with E-state index in [9.17, 15) is 9.18 Å². The van der Waals surface area contributed by atoms with E-state index in [0.29, 0.717) is 11.5 Å². The van der Waals surface area contributed by atoms with Gasteiger partial charge in [0.05, 0.1) is 0 Å². The molecule has 1 aromatic heterocycles. The first-order chi connectivity index (χ1) is 9.54. The van der Waals surface area contributed by atoms with Gasteiger partial charge in [-0.15, -0.1) is 10.2 Å². The van der Waals surface area contributed by atoms with E-state index < -0.39 is 11.8 Å². The van der Waals surface area contributed by atoms with Gasteiger partial charge >= 0.3 is 5.97 Å². The van der Waals surface area contributed by atoms with Gasteiger partial charge in [-0.3, -0.25) is 0 Å². The molecule has 0 saturated heterocycles. The van der Waals surface area contributed by atoms with E-state index in [0.717, 1.165) is 6.08 Å². The van der Waals surface area contributed by atoms with Gasteiger partial charge in [-0.2, -0.15) is 0 Å². The molecule has 0 unspecified atom stereocenters. The van der Waals surface area contributed by atoms with Crippen molar-refractivity contribution in [3.05, 3.63) is 47.4 Å². The zero-order valence-corrected chi connectivity index (χ0v) is 10.5. The molecule has 2 aromatic rings. The lowest BCUT2D eigenvalue weighted by Gasteiger charge is -2.05. The van der Waals surface area contributed by atoms with Crippen LogP contribution in [0.3, 0.4) is 0 Å². The maximum Gasteiger partial charge on any atom is 0.328 e. The van der Waals surface area contributed by atoms with Crippen molar-refractivity contribution in [2.75, 3.05) is 0 Å². The van der Waals surface area contributed by atoms with Gasteiger partial charge in [0.2, 0.25) is 5.89 Å². The third-order valence-electron chi connectivity index (χ3n) is 2.29. The highest BCUT2D eigenvalue weighted by Crippen LogP contribution is 2.20. The van der Waals surface area contributed by atoms with Gasteiger partial charge < -0.3 is 14.3 Å². The lowest BCUT2D eigenvalue weighted by atomic mass is 10.2. The minimum absolute atomic E-state index is 0.0216. The van der Waals surface area contributed by atoms with Gasteiger partial charge in [-0.25, -0.2) is 9.18 Å². The zero-order valence-electron chi connectivity index (χ0n) is 10.5. The van der Waals surface area contributed by atoms with Crippen molar-refractivity contribution in [1.82, 2.24) is 10.2 Å². The number of hydrogen-bond acceptors (Lipinski definition) is 5. The molecule has 0 aliphatic heterocycles. The van der Waals surface area contributed by atoms with Crippen LogP contribution in [0.5, 0.6) is 5.75 Å². The van der Waals surface area contributed by atoms with Crippen LogP contribution in [0.15, 0.2) is 28.7 Å². The number of ether oxygens (including phenoxy) is 1. The topological polar surface area (TPSA) is 85.5 Å². The first-order valence-electron chi connectivity index (χ1n) is 5.67. The van der Waals surface area contributed by atoms with Crippen molar-refractivity contribution < 1.29 is 23.4 Å². The van der Waals surface area contributed by atoms with Crippen molar-refractivity contribution in [1.29, 1.82) is 0 Å². The molecule has 1 heterocycles. The standard InChI is InChI=1S/C13H11FN2O4/c1-8-15-16-12(20-8)7-19-11-4-2-9(6-10(11)14)3-5-13(17)18/h2-6H,7H2,1H3,(H,17,18)/b5-3+. The number of aromatic nitrogens is 2. The van der Waals surface area contributed by atoms with E-state index in [1.54, 1.807) is 6.92 Å². The van der Waals surface area contributed by atoms with Crippen molar-refractivity contribution in [3.8, 4) is 5.75 Å². The number of nitrogens with zero attached hydrogens (tertiary/aromatic N) is 2. The largest absolute Gasteiger partial charge is 0.481 e. The molecule has 104 valence electrons. The number of carboxylic acid groups (broad SMARTS) is 1. The summed E-state index contributed by atoms with van der Waals surface area (Å²) >= 11 is 0. The summed E-state index contributed by atoms with van der Waals surface area (Å²) < 4.78 is 24.0. The molecule has 0 amide bonds. The Morgan fingerprint density at radius 1 is 1.50 bits per heavy atom. The highest BCUT2D eigenvalue weighted by Gasteiger charge is 2.07. The van der Waals surface area contributed by atoms with Crippen LogP contribution in [-0.4, -0.2) is 21.3 Å². The van der Waals surface area contributed by atoms with Gasteiger partial charge in [-0.05, 0) is 23.8 Å². The summed E-state index contributed by atoms with van der Waals surface area (Å²) in [6, 6.07) is 4.12. The summed E-state index contributed by atoms with van der Waals surface area (Å²) in [6.45, 7) is 1.60. The van der Waals surface area contributed by atoms with Crippen LogP contribution in [0.4, 0.5) is 4.39 Å². The minimum Gasteiger partial charge on any atom is -0.481 e. The summed E-state index contributed by atoms with van der Waals surface area (Å²) in [5.41, 5.74) is 0.422. The number of halogens is 1. The first kappa shape index (κ1) is 13.7. The molecule has 0 saturated carbocycles. The van der Waals surface area contributed by atoms with Crippen LogP contribution in [0, 0.1) is 12.7 Å². The molecule has 0 atom stereocenters. The molecule has 0 aliphatic rings. The average Bonchev–Trinajstić information content (AvgIpc) is 2.81. The molecule has 0 fully saturated rings. The van der Waals surface area contributed by atoms with Crippen LogP contribution in [-0.2, 0) is 11.4 Å². The van der Waals surface area contributed by atoms with E-state index in [4.69, 9.17) is 14.3 Å². The number of benzene rings is 1. The molecule has 0 bridgehead atoms. The molecule has 2 rings (SSSR count). The Kier molecular flexibility index (Phi) is 4.09. The molecule has 1 aromatic carbocycles. The molecule has 6 nitrogen and oxygen atoms in total. The van der Waals surface area contributed by atoms with Crippen molar-refractivity contribution in [2.45, 2.75) is 13.5 Å². The molecular weight excluding hydrogens is 267 g/mol. The fourth-order valence-corrected chi connectivity index (χ4v) is 1.44. The first-order valence-corrected chi connectivity index (χ1v) is 5.67. The summed E-state index contributed by atoms with van der Waals surface area (Å²) in [6.07, 6.45) is 2.22. The Morgan fingerprint density at radius 2 is 2.30 bits per heavy atom. The molecular formula is C13H11FN2O4. The minimum atomic E-state index is -1.10. The summed E-state index contributed by atoms with van der Waals surface area (Å²) in [4.78, 5) is 10.4. The van der Waals surface area contributed by atoms with Crippen LogP contribution >= 0.6 is 0 Å². The Morgan fingerprint density at radius 3 is 2.90 bits per heavy atom. The van der Waals surface area contributed by atoms with E-state index in [1.807, 2.05) is 0 Å². The molecule has 0 radical (unpaired) electrons. The number of carbonyl (C=O) groups is 1. The monoisotopic (exact) mass is 278 g/mol.